The van der Waals surface area contributed by atoms with Crippen LogP contribution >= 0.6 is 34.8 Å². The molecule has 2 aromatic carbocycles. The van der Waals surface area contributed by atoms with Gasteiger partial charge in [0.25, 0.3) is 11.6 Å². The molecule has 0 heterocycles. The molecule has 136 valence electrons. The van der Waals surface area contributed by atoms with Gasteiger partial charge in [0.05, 0.1) is 25.7 Å². The molecule has 0 saturated heterocycles. The average Bonchev–Trinajstić information content (AvgIpc) is 2.61. The largest absolute Gasteiger partial charge is 0.482 e. The highest BCUT2D eigenvalue weighted by Gasteiger charge is 2.10. The van der Waals surface area contributed by atoms with E-state index < -0.39 is 10.8 Å². The Kier molecular flexibility index (Phi) is 6.79. The standard InChI is InChI=1S/C16H12Cl3N3O4/c1-9(10-3-2-4-11(5-10)22(24)25)20-21-16(23)8-26-15-7-13(18)12(17)6-14(15)19/h2-7H,8H2,1H3,(H,21,23)/b20-9+. The molecule has 7 nitrogen and oxygen atoms in total. The van der Waals surface area contributed by atoms with E-state index in [2.05, 4.69) is 10.5 Å². The van der Waals surface area contributed by atoms with Crippen molar-refractivity contribution >= 4 is 52.1 Å². The number of hydrogen-bond donors (Lipinski definition) is 1. The monoisotopic (exact) mass is 415 g/mol. The third kappa shape index (κ3) is 5.32. The third-order valence-electron chi connectivity index (χ3n) is 3.16. The number of benzene rings is 2. The van der Waals surface area contributed by atoms with Crippen LogP contribution in [0.3, 0.4) is 0 Å². The first-order chi connectivity index (χ1) is 12.3. The van der Waals surface area contributed by atoms with E-state index in [0.717, 1.165) is 0 Å². The molecule has 2 rings (SSSR count). The first-order valence-corrected chi connectivity index (χ1v) is 8.26. The lowest BCUT2D eigenvalue weighted by atomic mass is 10.1. The van der Waals surface area contributed by atoms with Crippen molar-refractivity contribution in [1.29, 1.82) is 0 Å². The van der Waals surface area contributed by atoms with Crippen molar-refractivity contribution in [3.63, 3.8) is 0 Å². The van der Waals surface area contributed by atoms with Crippen molar-refractivity contribution in [1.82, 2.24) is 5.43 Å². The second-order valence-corrected chi connectivity index (χ2v) is 6.25. The number of ether oxygens (including phenoxy) is 1. The fourth-order valence-corrected chi connectivity index (χ4v) is 2.44. The Bertz CT molecular complexity index is 887. The molecule has 0 fully saturated rings. The minimum Gasteiger partial charge on any atom is -0.482 e. The van der Waals surface area contributed by atoms with Crippen LogP contribution in [0.25, 0.3) is 0 Å². The van der Waals surface area contributed by atoms with E-state index in [1.165, 1.54) is 30.3 Å². The van der Waals surface area contributed by atoms with Gasteiger partial charge in [0.1, 0.15) is 5.75 Å². The molecule has 0 aliphatic rings. The van der Waals surface area contributed by atoms with E-state index >= 15 is 0 Å². The fraction of sp³-hybridized carbons (Fsp3) is 0.125. The summed E-state index contributed by atoms with van der Waals surface area (Å²) in [4.78, 5) is 22.1. The Labute approximate surface area is 163 Å². The summed E-state index contributed by atoms with van der Waals surface area (Å²) in [7, 11) is 0. The molecule has 0 radical (unpaired) electrons. The summed E-state index contributed by atoms with van der Waals surface area (Å²) in [6.07, 6.45) is 0. The normalized spacial score (nSPS) is 11.2. The zero-order valence-electron chi connectivity index (χ0n) is 13.3. The van der Waals surface area contributed by atoms with E-state index in [9.17, 15) is 14.9 Å². The van der Waals surface area contributed by atoms with Gasteiger partial charge in [-0.2, -0.15) is 5.10 Å². The quantitative estimate of drug-likeness (QED) is 0.325. The number of carbonyl (C=O) groups excluding carboxylic acids is 1. The fourth-order valence-electron chi connectivity index (χ4n) is 1.85. The molecule has 1 amide bonds. The molecule has 26 heavy (non-hydrogen) atoms. The first-order valence-electron chi connectivity index (χ1n) is 7.13. The van der Waals surface area contributed by atoms with Crippen molar-refractivity contribution in [3.8, 4) is 5.75 Å². The van der Waals surface area contributed by atoms with Gasteiger partial charge in [0, 0.05) is 23.8 Å². The third-order valence-corrected chi connectivity index (χ3v) is 4.17. The summed E-state index contributed by atoms with van der Waals surface area (Å²) < 4.78 is 5.28. The molecule has 0 spiro atoms. The summed E-state index contributed by atoms with van der Waals surface area (Å²) in [5.74, 6) is -0.340. The molecule has 0 aliphatic carbocycles. The summed E-state index contributed by atoms with van der Waals surface area (Å²) in [6.45, 7) is 1.25. The van der Waals surface area contributed by atoms with Crippen molar-refractivity contribution in [2.24, 2.45) is 5.10 Å². The maximum Gasteiger partial charge on any atom is 0.277 e. The van der Waals surface area contributed by atoms with Crippen molar-refractivity contribution in [2.75, 3.05) is 6.61 Å². The number of carbonyl (C=O) groups is 1. The van der Waals surface area contributed by atoms with E-state index in [4.69, 9.17) is 39.5 Å². The topological polar surface area (TPSA) is 93.8 Å². The summed E-state index contributed by atoms with van der Waals surface area (Å²) in [5.41, 5.74) is 3.13. The Morgan fingerprint density at radius 3 is 2.58 bits per heavy atom. The van der Waals surface area contributed by atoms with Crippen LogP contribution in [0.15, 0.2) is 41.5 Å². The van der Waals surface area contributed by atoms with Gasteiger partial charge in [-0.15, -0.1) is 0 Å². The SMILES string of the molecule is C/C(=N\NC(=O)COc1cc(Cl)c(Cl)cc1Cl)c1cccc([N+](=O)[O-])c1. The minimum absolute atomic E-state index is 0.0685. The van der Waals surface area contributed by atoms with Crippen LogP contribution in [0.2, 0.25) is 15.1 Å². The number of non-ortho nitro benzene ring substituents is 1. The summed E-state index contributed by atoms with van der Waals surface area (Å²) in [6, 6.07) is 8.70. The van der Waals surface area contributed by atoms with Crippen molar-refractivity contribution in [3.05, 3.63) is 67.1 Å². The van der Waals surface area contributed by atoms with E-state index in [0.29, 0.717) is 11.3 Å². The van der Waals surface area contributed by atoms with Gasteiger partial charge in [-0.05, 0) is 13.0 Å². The number of nitrogens with zero attached hydrogens (tertiary/aromatic N) is 2. The molecule has 0 aromatic heterocycles. The Morgan fingerprint density at radius 1 is 1.19 bits per heavy atom. The number of nitrogens with one attached hydrogen (secondary N) is 1. The summed E-state index contributed by atoms with van der Waals surface area (Å²) in [5, 5.41) is 15.4. The highest BCUT2D eigenvalue weighted by Crippen LogP contribution is 2.33. The maximum atomic E-state index is 11.8. The zero-order valence-corrected chi connectivity index (χ0v) is 15.6. The van der Waals surface area contributed by atoms with E-state index in [1.54, 1.807) is 13.0 Å². The summed E-state index contributed by atoms with van der Waals surface area (Å²) >= 11 is 17.6. The van der Waals surface area contributed by atoms with Gasteiger partial charge in [0.15, 0.2) is 6.61 Å². The molecule has 10 heteroatoms. The molecule has 0 atom stereocenters. The Balaban J connectivity index is 1.97. The number of nitro benzene ring substituents is 1. The van der Waals surface area contributed by atoms with Crippen molar-refractivity contribution < 1.29 is 14.5 Å². The molecule has 0 bridgehead atoms. The van der Waals surface area contributed by atoms with Crippen LogP contribution in [0.1, 0.15) is 12.5 Å². The van der Waals surface area contributed by atoms with Crippen molar-refractivity contribution in [2.45, 2.75) is 6.92 Å². The molecule has 0 unspecified atom stereocenters. The number of rotatable bonds is 6. The maximum absolute atomic E-state index is 11.8. The lowest BCUT2D eigenvalue weighted by Gasteiger charge is -2.08. The van der Waals surface area contributed by atoms with Gasteiger partial charge in [-0.1, -0.05) is 46.9 Å². The first kappa shape index (κ1) is 20.0. The zero-order chi connectivity index (χ0) is 19.3. The lowest BCUT2D eigenvalue weighted by Crippen LogP contribution is -2.25. The van der Waals surface area contributed by atoms with Crippen LogP contribution in [-0.2, 0) is 4.79 Å². The number of nitro groups is 1. The highest BCUT2D eigenvalue weighted by atomic mass is 35.5. The molecular weight excluding hydrogens is 405 g/mol. The highest BCUT2D eigenvalue weighted by molar-refractivity contribution is 6.43. The second kappa shape index (κ2) is 8.84. The number of hydrazone groups is 1. The van der Waals surface area contributed by atoms with Crippen LogP contribution in [-0.4, -0.2) is 23.1 Å². The van der Waals surface area contributed by atoms with Gasteiger partial charge in [-0.3, -0.25) is 14.9 Å². The molecule has 0 aliphatic heterocycles. The predicted octanol–water partition coefficient (Wildman–Crippen LogP) is 4.47. The second-order valence-electron chi connectivity index (χ2n) is 5.03. The van der Waals surface area contributed by atoms with Crippen LogP contribution in [0.5, 0.6) is 5.75 Å². The van der Waals surface area contributed by atoms with Gasteiger partial charge in [0.2, 0.25) is 0 Å². The number of hydrogen-bond acceptors (Lipinski definition) is 5. The average molecular weight is 417 g/mol. The Morgan fingerprint density at radius 2 is 1.88 bits per heavy atom. The Hall–Kier alpha value is -2.35. The minimum atomic E-state index is -0.545. The van der Waals surface area contributed by atoms with E-state index in [1.807, 2.05) is 0 Å². The number of halogens is 3. The molecular formula is C16H12Cl3N3O4. The lowest BCUT2D eigenvalue weighted by molar-refractivity contribution is -0.384. The molecule has 1 N–H and O–H groups in total. The predicted molar refractivity (Wildman–Crippen MR) is 100 cm³/mol. The van der Waals surface area contributed by atoms with Crippen LogP contribution < -0.4 is 10.2 Å². The molecule has 0 saturated carbocycles. The molecule has 2 aromatic rings. The van der Waals surface area contributed by atoms with Crippen LogP contribution in [0, 0.1) is 10.1 Å². The van der Waals surface area contributed by atoms with Gasteiger partial charge >= 0.3 is 0 Å². The number of amides is 1. The van der Waals surface area contributed by atoms with Gasteiger partial charge < -0.3 is 4.74 Å². The smallest absolute Gasteiger partial charge is 0.277 e. The van der Waals surface area contributed by atoms with Crippen LogP contribution in [0.4, 0.5) is 5.69 Å². The van der Waals surface area contributed by atoms with E-state index in [-0.39, 0.29) is 33.1 Å². The van der Waals surface area contributed by atoms with Gasteiger partial charge in [-0.25, -0.2) is 5.43 Å².